The number of nitrogens with one attached hydrogen (secondary N) is 2. The van der Waals surface area contributed by atoms with Crippen LogP contribution in [0.3, 0.4) is 0 Å². The number of anilines is 2. The maximum atomic E-state index is 12.4. The second-order valence-electron chi connectivity index (χ2n) is 5.44. The lowest BCUT2D eigenvalue weighted by Crippen LogP contribution is -2.41. The predicted molar refractivity (Wildman–Crippen MR) is 90.2 cm³/mol. The second kappa shape index (κ2) is 6.29. The lowest BCUT2D eigenvalue weighted by atomic mass is 9.97. The largest absolute Gasteiger partial charge is 0.354 e. The highest BCUT2D eigenvalue weighted by atomic mass is 35.5. The van der Waals surface area contributed by atoms with E-state index in [2.05, 4.69) is 35.5 Å². The summed E-state index contributed by atoms with van der Waals surface area (Å²) in [7, 11) is 0. The summed E-state index contributed by atoms with van der Waals surface area (Å²) in [4.78, 5) is 30.1. The van der Waals surface area contributed by atoms with Gasteiger partial charge in [0.1, 0.15) is 11.0 Å². The third-order valence-electron chi connectivity index (χ3n) is 3.92. The summed E-state index contributed by atoms with van der Waals surface area (Å²) in [5.41, 5.74) is 2.83. The molecule has 0 aromatic carbocycles. The van der Waals surface area contributed by atoms with Gasteiger partial charge < -0.3 is 15.2 Å². The van der Waals surface area contributed by atoms with Crippen LogP contribution in [0.5, 0.6) is 0 Å². The number of aromatic nitrogens is 6. The minimum Gasteiger partial charge on any atom is -0.354 e. The zero-order valence-electron chi connectivity index (χ0n) is 12.4. The van der Waals surface area contributed by atoms with Gasteiger partial charge in [0.25, 0.3) is 0 Å². The number of carbonyl (C=O) groups excluding carboxylic acids is 1. The number of fused-ring (bicyclic) bond motifs is 1. The Kier molecular flexibility index (Phi) is 3.98. The first-order valence-electron chi connectivity index (χ1n) is 7.39. The SMILES string of the molecule is O=C(Nc1nncs1)[C@@H]1CCCN(c2nc(Cl)nc3nc[nH]c23)C1. The van der Waals surface area contributed by atoms with Crippen LogP contribution in [-0.2, 0) is 4.79 Å². The number of rotatable bonds is 3. The molecular formula is C13H13ClN8OS. The van der Waals surface area contributed by atoms with Gasteiger partial charge in [0.15, 0.2) is 11.5 Å². The number of imidazole rings is 1. The molecule has 3 aromatic rings. The molecule has 0 unspecified atom stereocenters. The fourth-order valence-corrected chi connectivity index (χ4v) is 3.45. The molecule has 0 aliphatic carbocycles. The van der Waals surface area contributed by atoms with Crippen molar-refractivity contribution in [2.24, 2.45) is 5.92 Å². The summed E-state index contributed by atoms with van der Waals surface area (Å²) in [5.74, 6) is 0.461. The third-order valence-corrected chi connectivity index (χ3v) is 4.70. The Morgan fingerprint density at radius 3 is 3.21 bits per heavy atom. The zero-order chi connectivity index (χ0) is 16.5. The Labute approximate surface area is 145 Å². The highest BCUT2D eigenvalue weighted by Crippen LogP contribution is 2.28. The Hall–Kier alpha value is -2.33. The van der Waals surface area contributed by atoms with Crippen molar-refractivity contribution in [3.05, 3.63) is 17.1 Å². The predicted octanol–water partition coefficient (Wildman–Crippen LogP) is 1.71. The van der Waals surface area contributed by atoms with E-state index in [4.69, 9.17) is 11.6 Å². The number of hydrogen-bond acceptors (Lipinski definition) is 8. The van der Waals surface area contributed by atoms with Gasteiger partial charge in [-0.1, -0.05) is 11.3 Å². The fourth-order valence-electron chi connectivity index (χ4n) is 2.84. The molecule has 1 atom stereocenters. The fraction of sp³-hybridized carbons (Fsp3) is 0.385. The van der Waals surface area contributed by atoms with Crippen LogP contribution >= 0.6 is 22.9 Å². The Morgan fingerprint density at radius 1 is 1.46 bits per heavy atom. The number of amides is 1. The number of halogens is 1. The van der Waals surface area contributed by atoms with E-state index in [-0.39, 0.29) is 17.1 Å². The molecule has 124 valence electrons. The van der Waals surface area contributed by atoms with Crippen LogP contribution in [-0.4, -0.2) is 49.1 Å². The molecule has 1 aliphatic rings. The summed E-state index contributed by atoms with van der Waals surface area (Å²) < 4.78 is 0. The normalized spacial score (nSPS) is 18.0. The third kappa shape index (κ3) is 2.89. The minimum absolute atomic E-state index is 0.0579. The highest BCUT2D eigenvalue weighted by Gasteiger charge is 2.28. The molecule has 9 nitrogen and oxygen atoms in total. The first kappa shape index (κ1) is 15.2. The van der Waals surface area contributed by atoms with E-state index in [1.807, 2.05) is 4.90 Å². The van der Waals surface area contributed by atoms with Crippen LogP contribution in [0.1, 0.15) is 12.8 Å². The molecule has 0 spiro atoms. The number of nitrogens with zero attached hydrogens (tertiary/aromatic N) is 6. The van der Waals surface area contributed by atoms with Gasteiger partial charge >= 0.3 is 0 Å². The van der Waals surface area contributed by atoms with Gasteiger partial charge in [-0.25, -0.2) is 4.98 Å². The standard InChI is InChI=1S/C13H13ClN8OS/c14-12-18-9-8(15-5-16-9)10(19-12)22-3-1-2-7(4-22)11(23)20-13-21-17-6-24-13/h5-7H,1-4H2,(H,20,21,23)(H,15,16,18,19)/t7-/m1/s1. The van der Waals surface area contributed by atoms with Gasteiger partial charge in [0, 0.05) is 13.1 Å². The van der Waals surface area contributed by atoms with Crippen molar-refractivity contribution in [3.8, 4) is 0 Å². The molecule has 2 N–H and O–H groups in total. The van der Waals surface area contributed by atoms with Gasteiger partial charge in [-0.15, -0.1) is 10.2 Å². The van der Waals surface area contributed by atoms with Crippen molar-refractivity contribution in [1.82, 2.24) is 30.1 Å². The summed E-state index contributed by atoms with van der Waals surface area (Å²) in [5, 5.41) is 11.0. The van der Waals surface area contributed by atoms with E-state index in [1.165, 1.54) is 11.3 Å². The van der Waals surface area contributed by atoms with Crippen molar-refractivity contribution in [3.63, 3.8) is 0 Å². The van der Waals surface area contributed by atoms with Crippen LogP contribution in [0.2, 0.25) is 5.28 Å². The van der Waals surface area contributed by atoms with E-state index < -0.39 is 0 Å². The molecule has 4 rings (SSSR count). The van der Waals surface area contributed by atoms with Gasteiger partial charge in [-0.2, -0.15) is 9.97 Å². The number of carbonyl (C=O) groups is 1. The van der Waals surface area contributed by atoms with Gasteiger partial charge in [-0.3, -0.25) is 4.79 Å². The van der Waals surface area contributed by atoms with Crippen molar-refractivity contribution < 1.29 is 4.79 Å². The zero-order valence-corrected chi connectivity index (χ0v) is 14.0. The van der Waals surface area contributed by atoms with E-state index in [9.17, 15) is 4.79 Å². The highest BCUT2D eigenvalue weighted by molar-refractivity contribution is 7.13. The maximum absolute atomic E-state index is 12.4. The van der Waals surface area contributed by atoms with Gasteiger partial charge in [0.05, 0.1) is 12.2 Å². The number of H-pyrrole nitrogens is 1. The maximum Gasteiger partial charge on any atom is 0.231 e. The summed E-state index contributed by atoms with van der Waals surface area (Å²) in [6, 6.07) is 0. The molecule has 0 bridgehead atoms. The monoisotopic (exact) mass is 364 g/mol. The average Bonchev–Trinajstić information content (AvgIpc) is 3.25. The molecular weight excluding hydrogens is 352 g/mol. The quantitative estimate of drug-likeness (QED) is 0.680. The van der Waals surface area contributed by atoms with E-state index in [1.54, 1.807) is 11.8 Å². The van der Waals surface area contributed by atoms with Crippen LogP contribution < -0.4 is 10.2 Å². The number of aromatic amines is 1. The Balaban J connectivity index is 1.56. The molecule has 11 heteroatoms. The molecule has 0 radical (unpaired) electrons. The van der Waals surface area contributed by atoms with Crippen LogP contribution in [0, 0.1) is 5.92 Å². The average molecular weight is 365 g/mol. The first-order chi connectivity index (χ1) is 11.7. The molecule has 4 heterocycles. The lowest BCUT2D eigenvalue weighted by molar-refractivity contribution is -0.120. The Bertz CT molecular complexity index is 866. The topological polar surface area (TPSA) is 113 Å². The van der Waals surface area contributed by atoms with Crippen LogP contribution in [0.25, 0.3) is 11.2 Å². The molecule has 0 saturated carbocycles. The van der Waals surface area contributed by atoms with E-state index >= 15 is 0 Å². The lowest BCUT2D eigenvalue weighted by Gasteiger charge is -2.32. The van der Waals surface area contributed by atoms with Crippen molar-refractivity contribution >= 4 is 51.0 Å². The van der Waals surface area contributed by atoms with Crippen molar-refractivity contribution in [1.29, 1.82) is 0 Å². The summed E-state index contributed by atoms with van der Waals surface area (Å²) >= 11 is 7.30. The van der Waals surface area contributed by atoms with E-state index in [0.717, 1.165) is 24.9 Å². The Morgan fingerprint density at radius 2 is 2.38 bits per heavy atom. The number of hydrogen-bond donors (Lipinski definition) is 2. The summed E-state index contributed by atoms with van der Waals surface area (Å²) in [6.45, 7) is 1.34. The molecule has 3 aromatic heterocycles. The second-order valence-corrected chi connectivity index (χ2v) is 6.61. The van der Waals surface area contributed by atoms with Crippen molar-refractivity contribution in [2.75, 3.05) is 23.3 Å². The number of piperidine rings is 1. The minimum atomic E-state index is -0.158. The smallest absolute Gasteiger partial charge is 0.231 e. The van der Waals surface area contributed by atoms with Crippen LogP contribution in [0.15, 0.2) is 11.8 Å². The molecule has 1 saturated heterocycles. The summed E-state index contributed by atoms with van der Waals surface area (Å²) in [6.07, 6.45) is 3.25. The molecule has 1 aliphatic heterocycles. The van der Waals surface area contributed by atoms with Crippen molar-refractivity contribution in [2.45, 2.75) is 12.8 Å². The molecule has 24 heavy (non-hydrogen) atoms. The first-order valence-corrected chi connectivity index (χ1v) is 8.65. The van der Waals surface area contributed by atoms with Gasteiger partial charge in [-0.05, 0) is 24.4 Å². The van der Waals surface area contributed by atoms with Gasteiger partial charge in [0.2, 0.25) is 16.3 Å². The van der Waals surface area contributed by atoms with Crippen LogP contribution in [0.4, 0.5) is 10.9 Å². The molecule has 1 fully saturated rings. The molecule has 1 amide bonds. The van der Waals surface area contributed by atoms with E-state index in [0.29, 0.717) is 23.1 Å².